The highest BCUT2D eigenvalue weighted by atomic mass is 16.5. The summed E-state index contributed by atoms with van der Waals surface area (Å²) in [7, 11) is 3.88. The van der Waals surface area contributed by atoms with Crippen molar-refractivity contribution in [3.8, 4) is 0 Å². The zero-order chi connectivity index (χ0) is 14.2. The molecule has 0 saturated heterocycles. The normalized spacial score (nSPS) is 32.4. The molecule has 3 heteroatoms. The van der Waals surface area contributed by atoms with E-state index in [0.717, 1.165) is 25.0 Å². The molecular weight excluding hydrogens is 250 g/mol. The Morgan fingerprint density at radius 3 is 2.45 bits per heavy atom. The van der Waals surface area contributed by atoms with Crippen LogP contribution in [0.2, 0.25) is 0 Å². The topological polar surface area (TPSA) is 30.5 Å². The van der Waals surface area contributed by atoms with Crippen LogP contribution in [-0.2, 0) is 9.47 Å². The molecule has 0 aliphatic heterocycles. The van der Waals surface area contributed by atoms with E-state index < -0.39 is 0 Å². The Kier molecular flexibility index (Phi) is 7.32. The summed E-state index contributed by atoms with van der Waals surface area (Å²) in [6.45, 7) is 2.08. The highest BCUT2D eigenvalue weighted by Gasteiger charge is 2.31. The second kappa shape index (κ2) is 9.01. The van der Waals surface area contributed by atoms with E-state index in [4.69, 9.17) is 9.47 Å². The maximum absolute atomic E-state index is 6.24. The first-order valence-corrected chi connectivity index (χ1v) is 8.62. The van der Waals surface area contributed by atoms with Gasteiger partial charge in [-0.1, -0.05) is 19.3 Å². The molecule has 0 bridgehead atoms. The van der Waals surface area contributed by atoms with Crippen molar-refractivity contribution in [3.05, 3.63) is 0 Å². The third kappa shape index (κ3) is 5.01. The van der Waals surface area contributed by atoms with Crippen LogP contribution in [0, 0.1) is 11.8 Å². The van der Waals surface area contributed by atoms with Crippen LogP contribution in [0.25, 0.3) is 0 Å². The van der Waals surface area contributed by atoms with Crippen molar-refractivity contribution in [2.45, 2.75) is 70.0 Å². The molecule has 118 valence electrons. The fourth-order valence-electron chi connectivity index (χ4n) is 3.85. The molecule has 2 saturated carbocycles. The second-order valence-electron chi connectivity index (χ2n) is 6.72. The Morgan fingerprint density at radius 1 is 0.950 bits per heavy atom. The standard InChI is InChI=1S/C17H33NO2/c1-18-11-10-14-8-9-16(17(12-14)19-2)20-13-15-6-4-3-5-7-15/h14-18H,3-13H2,1-2H3. The fourth-order valence-corrected chi connectivity index (χ4v) is 3.85. The second-order valence-corrected chi connectivity index (χ2v) is 6.72. The maximum Gasteiger partial charge on any atom is 0.0836 e. The molecular formula is C17H33NO2. The summed E-state index contributed by atoms with van der Waals surface area (Å²) in [4.78, 5) is 0. The number of hydrogen-bond acceptors (Lipinski definition) is 3. The van der Waals surface area contributed by atoms with Crippen molar-refractivity contribution in [2.75, 3.05) is 27.3 Å². The van der Waals surface area contributed by atoms with Gasteiger partial charge in [0, 0.05) is 13.7 Å². The lowest BCUT2D eigenvalue weighted by Gasteiger charge is -2.36. The van der Waals surface area contributed by atoms with Gasteiger partial charge in [0.15, 0.2) is 0 Å². The van der Waals surface area contributed by atoms with Crippen LogP contribution in [0.1, 0.15) is 57.8 Å². The quantitative estimate of drug-likeness (QED) is 0.777. The largest absolute Gasteiger partial charge is 0.379 e. The van der Waals surface area contributed by atoms with Crippen molar-refractivity contribution in [2.24, 2.45) is 11.8 Å². The lowest BCUT2D eigenvalue weighted by Crippen LogP contribution is -2.39. The SMILES string of the molecule is CNCCC1CCC(OCC2CCCCC2)C(OC)C1. The van der Waals surface area contributed by atoms with Crippen LogP contribution in [-0.4, -0.2) is 39.5 Å². The molecule has 2 fully saturated rings. The lowest BCUT2D eigenvalue weighted by molar-refractivity contribution is -0.0977. The molecule has 20 heavy (non-hydrogen) atoms. The lowest BCUT2D eigenvalue weighted by atomic mass is 9.83. The number of rotatable bonds is 7. The Labute approximate surface area is 124 Å². The molecule has 3 nitrogen and oxygen atoms in total. The summed E-state index contributed by atoms with van der Waals surface area (Å²) >= 11 is 0. The minimum Gasteiger partial charge on any atom is -0.379 e. The van der Waals surface area contributed by atoms with Gasteiger partial charge in [0.2, 0.25) is 0 Å². The van der Waals surface area contributed by atoms with Gasteiger partial charge in [0.05, 0.1) is 12.2 Å². The molecule has 0 aromatic rings. The molecule has 0 heterocycles. The average Bonchev–Trinajstić information content (AvgIpc) is 2.52. The predicted molar refractivity (Wildman–Crippen MR) is 83.0 cm³/mol. The molecule has 0 spiro atoms. The zero-order valence-electron chi connectivity index (χ0n) is 13.4. The summed E-state index contributed by atoms with van der Waals surface area (Å²) in [6.07, 6.45) is 12.5. The molecule has 0 radical (unpaired) electrons. The minimum atomic E-state index is 0.314. The summed E-state index contributed by atoms with van der Waals surface area (Å²) in [5, 5.41) is 3.26. The highest BCUT2D eigenvalue weighted by molar-refractivity contribution is 4.82. The maximum atomic E-state index is 6.24. The smallest absolute Gasteiger partial charge is 0.0836 e. The van der Waals surface area contributed by atoms with Crippen molar-refractivity contribution in [3.63, 3.8) is 0 Å². The Morgan fingerprint density at radius 2 is 1.75 bits per heavy atom. The van der Waals surface area contributed by atoms with Gasteiger partial charge < -0.3 is 14.8 Å². The van der Waals surface area contributed by atoms with Gasteiger partial charge >= 0.3 is 0 Å². The summed E-state index contributed by atoms with van der Waals surface area (Å²) in [5.74, 6) is 1.62. The van der Waals surface area contributed by atoms with Crippen LogP contribution in [0.4, 0.5) is 0 Å². The first-order valence-electron chi connectivity index (χ1n) is 8.62. The zero-order valence-corrected chi connectivity index (χ0v) is 13.4. The van der Waals surface area contributed by atoms with E-state index in [-0.39, 0.29) is 0 Å². The van der Waals surface area contributed by atoms with E-state index in [9.17, 15) is 0 Å². The summed E-state index contributed by atoms with van der Waals surface area (Å²) in [5.41, 5.74) is 0. The Bertz CT molecular complexity index is 253. The third-order valence-electron chi connectivity index (χ3n) is 5.22. The molecule has 2 rings (SSSR count). The fraction of sp³-hybridized carbons (Fsp3) is 1.00. The van der Waals surface area contributed by atoms with E-state index in [1.54, 1.807) is 0 Å². The Hall–Kier alpha value is -0.120. The van der Waals surface area contributed by atoms with Gasteiger partial charge in [-0.15, -0.1) is 0 Å². The number of hydrogen-bond donors (Lipinski definition) is 1. The van der Waals surface area contributed by atoms with Gasteiger partial charge in [-0.3, -0.25) is 0 Å². The monoisotopic (exact) mass is 283 g/mol. The number of ether oxygens (including phenoxy) is 2. The first-order chi connectivity index (χ1) is 9.83. The van der Waals surface area contributed by atoms with Gasteiger partial charge in [-0.25, -0.2) is 0 Å². The molecule has 0 aromatic carbocycles. The molecule has 3 atom stereocenters. The van der Waals surface area contributed by atoms with Crippen LogP contribution < -0.4 is 5.32 Å². The third-order valence-corrected chi connectivity index (χ3v) is 5.22. The van der Waals surface area contributed by atoms with Gasteiger partial charge in [-0.05, 0) is 64.0 Å². The highest BCUT2D eigenvalue weighted by Crippen LogP contribution is 2.31. The summed E-state index contributed by atoms with van der Waals surface area (Å²) < 4.78 is 11.9. The number of methoxy groups -OCH3 is 1. The summed E-state index contributed by atoms with van der Waals surface area (Å²) in [6, 6.07) is 0. The van der Waals surface area contributed by atoms with Crippen molar-refractivity contribution < 1.29 is 9.47 Å². The predicted octanol–water partition coefficient (Wildman–Crippen LogP) is 3.38. The molecule has 2 aliphatic carbocycles. The van der Waals surface area contributed by atoms with E-state index in [0.29, 0.717) is 12.2 Å². The van der Waals surface area contributed by atoms with Crippen LogP contribution >= 0.6 is 0 Å². The van der Waals surface area contributed by atoms with Crippen LogP contribution in [0.15, 0.2) is 0 Å². The molecule has 2 aliphatic rings. The van der Waals surface area contributed by atoms with Gasteiger partial charge in [0.25, 0.3) is 0 Å². The van der Waals surface area contributed by atoms with Crippen molar-refractivity contribution in [1.82, 2.24) is 5.32 Å². The van der Waals surface area contributed by atoms with E-state index in [1.165, 1.54) is 57.8 Å². The van der Waals surface area contributed by atoms with Crippen LogP contribution in [0.3, 0.4) is 0 Å². The number of nitrogens with one attached hydrogen (secondary N) is 1. The molecule has 0 amide bonds. The minimum absolute atomic E-state index is 0.314. The van der Waals surface area contributed by atoms with Gasteiger partial charge in [-0.2, -0.15) is 0 Å². The first kappa shape index (κ1) is 16.3. The van der Waals surface area contributed by atoms with E-state index in [2.05, 4.69) is 5.32 Å². The Balaban J connectivity index is 1.71. The van der Waals surface area contributed by atoms with E-state index >= 15 is 0 Å². The van der Waals surface area contributed by atoms with Crippen molar-refractivity contribution >= 4 is 0 Å². The van der Waals surface area contributed by atoms with Crippen LogP contribution in [0.5, 0.6) is 0 Å². The van der Waals surface area contributed by atoms with E-state index in [1.807, 2.05) is 14.2 Å². The molecule has 0 aromatic heterocycles. The average molecular weight is 283 g/mol. The molecule has 3 unspecified atom stereocenters. The molecule has 1 N–H and O–H groups in total. The van der Waals surface area contributed by atoms with Crippen molar-refractivity contribution in [1.29, 1.82) is 0 Å². The van der Waals surface area contributed by atoms with Gasteiger partial charge in [0.1, 0.15) is 0 Å².